The molecular formula is C17H23N3O3. The number of methoxy groups -OCH3 is 3. The van der Waals surface area contributed by atoms with E-state index in [0.29, 0.717) is 17.2 Å². The van der Waals surface area contributed by atoms with E-state index in [1.165, 1.54) is 12.8 Å². The van der Waals surface area contributed by atoms with Crippen LogP contribution in [0.3, 0.4) is 0 Å². The maximum atomic E-state index is 5.54. The molecule has 2 heterocycles. The fourth-order valence-corrected chi connectivity index (χ4v) is 3.12. The first-order valence-electron chi connectivity index (χ1n) is 7.88. The summed E-state index contributed by atoms with van der Waals surface area (Å²) < 4.78 is 16.4. The molecule has 1 aliphatic rings. The van der Waals surface area contributed by atoms with E-state index in [4.69, 9.17) is 14.2 Å². The normalized spacial score (nSPS) is 15.7. The number of hydrogen-bond donors (Lipinski definition) is 0. The van der Waals surface area contributed by atoms with Gasteiger partial charge in [0.25, 0.3) is 0 Å². The van der Waals surface area contributed by atoms with Crippen LogP contribution in [-0.2, 0) is 0 Å². The predicted molar refractivity (Wildman–Crippen MR) is 89.8 cm³/mol. The van der Waals surface area contributed by atoms with E-state index in [-0.39, 0.29) is 0 Å². The molecule has 1 aromatic heterocycles. The van der Waals surface area contributed by atoms with Gasteiger partial charge in [0.1, 0.15) is 17.7 Å². The first kappa shape index (κ1) is 15.6. The van der Waals surface area contributed by atoms with Crippen LogP contribution in [0.4, 0.5) is 5.82 Å². The molecule has 1 aromatic carbocycles. The van der Waals surface area contributed by atoms with E-state index in [2.05, 4.69) is 21.8 Å². The molecule has 6 heteroatoms. The molecule has 0 unspecified atom stereocenters. The second-order valence-corrected chi connectivity index (χ2v) is 5.91. The quantitative estimate of drug-likeness (QED) is 0.864. The molecule has 1 aliphatic heterocycles. The lowest BCUT2D eigenvalue weighted by atomic mass is 9.99. The minimum absolute atomic E-state index is 0.555. The molecule has 3 rings (SSSR count). The first-order valence-corrected chi connectivity index (χ1v) is 7.88. The number of anilines is 1. The Labute approximate surface area is 136 Å². The molecule has 0 aliphatic carbocycles. The average Bonchev–Trinajstić information content (AvgIpc) is 2.60. The molecule has 1 fully saturated rings. The van der Waals surface area contributed by atoms with E-state index in [1.807, 2.05) is 6.07 Å². The zero-order valence-electron chi connectivity index (χ0n) is 14.1. The third-order valence-electron chi connectivity index (χ3n) is 4.49. The van der Waals surface area contributed by atoms with Crippen molar-refractivity contribution in [2.45, 2.75) is 19.8 Å². The Hall–Kier alpha value is -2.24. The van der Waals surface area contributed by atoms with Crippen LogP contribution >= 0.6 is 0 Å². The van der Waals surface area contributed by atoms with E-state index in [0.717, 1.165) is 35.7 Å². The van der Waals surface area contributed by atoms with E-state index in [1.54, 1.807) is 27.7 Å². The van der Waals surface area contributed by atoms with Crippen LogP contribution in [0.15, 0.2) is 12.4 Å². The summed E-state index contributed by atoms with van der Waals surface area (Å²) in [6.07, 6.45) is 3.94. The highest BCUT2D eigenvalue weighted by molar-refractivity contribution is 5.97. The summed E-state index contributed by atoms with van der Waals surface area (Å²) in [4.78, 5) is 11.2. The standard InChI is InChI=1S/C17H23N3O3/c1-11-5-7-20(8-6-11)17-12-9-13(21-2)15(22-3)16(23-4)14(12)18-10-19-17/h9-11H,5-8H2,1-4H3. The number of rotatable bonds is 4. The van der Waals surface area contributed by atoms with Gasteiger partial charge in [-0.2, -0.15) is 0 Å². The van der Waals surface area contributed by atoms with Crippen LogP contribution in [0.2, 0.25) is 0 Å². The van der Waals surface area contributed by atoms with Crippen molar-refractivity contribution in [2.24, 2.45) is 5.92 Å². The van der Waals surface area contributed by atoms with Gasteiger partial charge in [-0.15, -0.1) is 0 Å². The van der Waals surface area contributed by atoms with Gasteiger partial charge in [-0.3, -0.25) is 0 Å². The molecule has 124 valence electrons. The highest BCUT2D eigenvalue weighted by atomic mass is 16.5. The van der Waals surface area contributed by atoms with Gasteiger partial charge < -0.3 is 19.1 Å². The third kappa shape index (κ3) is 2.73. The minimum Gasteiger partial charge on any atom is -0.493 e. The van der Waals surface area contributed by atoms with Gasteiger partial charge >= 0.3 is 0 Å². The summed E-state index contributed by atoms with van der Waals surface area (Å²) in [6, 6.07) is 1.93. The monoisotopic (exact) mass is 317 g/mol. The summed E-state index contributed by atoms with van der Waals surface area (Å²) in [7, 11) is 4.83. The number of ether oxygens (including phenoxy) is 3. The van der Waals surface area contributed by atoms with Crippen LogP contribution in [0, 0.1) is 5.92 Å². The molecule has 0 radical (unpaired) electrons. The number of fused-ring (bicyclic) bond motifs is 1. The summed E-state index contributed by atoms with van der Waals surface area (Å²) in [5.74, 6) is 3.46. The van der Waals surface area contributed by atoms with Crippen LogP contribution in [0.5, 0.6) is 17.2 Å². The maximum absolute atomic E-state index is 5.54. The van der Waals surface area contributed by atoms with Gasteiger partial charge in [0.05, 0.1) is 26.7 Å². The lowest BCUT2D eigenvalue weighted by Gasteiger charge is -2.32. The lowest BCUT2D eigenvalue weighted by molar-refractivity contribution is 0.327. The molecule has 23 heavy (non-hydrogen) atoms. The molecule has 0 amide bonds. The van der Waals surface area contributed by atoms with E-state index >= 15 is 0 Å². The fourth-order valence-electron chi connectivity index (χ4n) is 3.12. The maximum Gasteiger partial charge on any atom is 0.205 e. The summed E-state index contributed by atoms with van der Waals surface area (Å²) in [5.41, 5.74) is 0.744. The number of nitrogens with zero attached hydrogens (tertiary/aromatic N) is 3. The Bertz CT molecular complexity index is 697. The van der Waals surface area contributed by atoms with Gasteiger partial charge in [-0.25, -0.2) is 9.97 Å². The van der Waals surface area contributed by atoms with Crippen molar-refractivity contribution < 1.29 is 14.2 Å². The van der Waals surface area contributed by atoms with Crippen LogP contribution in [-0.4, -0.2) is 44.4 Å². The zero-order chi connectivity index (χ0) is 16.4. The van der Waals surface area contributed by atoms with Crippen molar-refractivity contribution in [1.82, 2.24) is 9.97 Å². The largest absolute Gasteiger partial charge is 0.493 e. The highest BCUT2D eigenvalue weighted by Gasteiger charge is 2.23. The smallest absolute Gasteiger partial charge is 0.205 e. The Morgan fingerprint density at radius 2 is 1.70 bits per heavy atom. The van der Waals surface area contributed by atoms with Gasteiger partial charge in [-0.1, -0.05) is 6.92 Å². The first-order chi connectivity index (χ1) is 11.2. The molecule has 2 aromatic rings. The third-order valence-corrected chi connectivity index (χ3v) is 4.49. The Kier molecular flexibility index (Phi) is 4.41. The lowest BCUT2D eigenvalue weighted by Crippen LogP contribution is -2.33. The summed E-state index contributed by atoms with van der Waals surface area (Å²) in [5, 5.41) is 0.927. The number of piperidine rings is 1. The van der Waals surface area contributed by atoms with Crippen LogP contribution in [0.25, 0.3) is 10.9 Å². The van der Waals surface area contributed by atoms with Crippen molar-refractivity contribution in [3.63, 3.8) is 0 Å². The second kappa shape index (κ2) is 6.48. The molecule has 0 spiro atoms. The number of benzene rings is 1. The van der Waals surface area contributed by atoms with Crippen molar-refractivity contribution in [3.05, 3.63) is 12.4 Å². The van der Waals surface area contributed by atoms with E-state index in [9.17, 15) is 0 Å². The predicted octanol–water partition coefficient (Wildman–Crippen LogP) is 2.89. The molecule has 1 saturated heterocycles. The van der Waals surface area contributed by atoms with Gasteiger partial charge in [0, 0.05) is 13.1 Å². The Balaban J connectivity index is 2.17. The Morgan fingerprint density at radius 3 is 2.30 bits per heavy atom. The topological polar surface area (TPSA) is 56.7 Å². The van der Waals surface area contributed by atoms with Crippen molar-refractivity contribution >= 4 is 16.7 Å². The fraction of sp³-hybridized carbons (Fsp3) is 0.529. The SMILES string of the molecule is COc1cc2c(N3CCC(C)CC3)ncnc2c(OC)c1OC. The highest BCUT2D eigenvalue weighted by Crippen LogP contribution is 2.44. The number of aromatic nitrogens is 2. The molecule has 0 bridgehead atoms. The van der Waals surface area contributed by atoms with Crippen LogP contribution < -0.4 is 19.1 Å². The molecule has 0 saturated carbocycles. The van der Waals surface area contributed by atoms with Crippen molar-refractivity contribution in [3.8, 4) is 17.2 Å². The number of hydrogen-bond acceptors (Lipinski definition) is 6. The Morgan fingerprint density at radius 1 is 1.00 bits per heavy atom. The second-order valence-electron chi connectivity index (χ2n) is 5.91. The summed E-state index contributed by atoms with van der Waals surface area (Å²) in [6.45, 7) is 4.31. The minimum atomic E-state index is 0.555. The zero-order valence-corrected chi connectivity index (χ0v) is 14.1. The van der Waals surface area contributed by atoms with Gasteiger partial charge in [-0.05, 0) is 24.8 Å². The molecule has 0 N–H and O–H groups in total. The molecular weight excluding hydrogens is 294 g/mol. The molecule has 0 atom stereocenters. The van der Waals surface area contributed by atoms with Gasteiger partial charge in [0.2, 0.25) is 5.75 Å². The molecule has 6 nitrogen and oxygen atoms in total. The summed E-state index contributed by atoms with van der Waals surface area (Å²) >= 11 is 0. The average molecular weight is 317 g/mol. The van der Waals surface area contributed by atoms with Crippen LogP contribution in [0.1, 0.15) is 19.8 Å². The van der Waals surface area contributed by atoms with Crippen molar-refractivity contribution in [2.75, 3.05) is 39.3 Å². The van der Waals surface area contributed by atoms with E-state index < -0.39 is 0 Å². The van der Waals surface area contributed by atoms with Crippen molar-refractivity contribution in [1.29, 1.82) is 0 Å². The van der Waals surface area contributed by atoms with Gasteiger partial charge in [0.15, 0.2) is 11.5 Å².